The van der Waals surface area contributed by atoms with Crippen LogP contribution in [0.25, 0.3) is 0 Å². The molecule has 0 bridgehead atoms. The summed E-state index contributed by atoms with van der Waals surface area (Å²) in [6.45, 7) is 0. The summed E-state index contributed by atoms with van der Waals surface area (Å²) in [7, 11) is 0. The van der Waals surface area contributed by atoms with Crippen LogP contribution in [0.2, 0.25) is 5.02 Å². The molecule has 0 saturated carbocycles. The third kappa shape index (κ3) is 2.10. The highest BCUT2D eigenvalue weighted by atomic mass is 35.5. The Labute approximate surface area is 103 Å². The quantitative estimate of drug-likeness (QED) is 0.804. The van der Waals surface area contributed by atoms with Gasteiger partial charge in [-0.3, -0.25) is 4.79 Å². The lowest BCUT2D eigenvalue weighted by Gasteiger charge is -2.06. The first-order chi connectivity index (χ1) is 8.11. The molecule has 0 radical (unpaired) electrons. The van der Waals surface area contributed by atoms with E-state index in [1.165, 1.54) is 30.3 Å². The number of aromatic hydroxyl groups is 2. The van der Waals surface area contributed by atoms with Crippen molar-refractivity contribution in [3.8, 4) is 11.5 Å². The summed E-state index contributed by atoms with van der Waals surface area (Å²) in [4.78, 5) is 12.1. The maximum atomic E-state index is 12.1. The van der Waals surface area contributed by atoms with E-state index in [0.29, 0.717) is 0 Å². The van der Waals surface area contributed by atoms with Gasteiger partial charge in [0.15, 0.2) is 5.78 Å². The average molecular weight is 249 g/mol. The van der Waals surface area contributed by atoms with Crippen molar-refractivity contribution in [2.75, 3.05) is 0 Å². The van der Waals surface area contributed by atoms with Crippen LogP contribution in [0.3, 0.4) is 0 Å². The van der Waals surface area contributed by atoms with E-state index in [4.69, 9.17) is 11.6 Å². The molecule has 86 valence electrons. The molecule has 0 aliphatic carbocycles. The molecule has 0 heterocycles. The molecule has 0 spiro atoms. The van der Waals surface area contributed by atoms with Crippen LogP contribution in [0.4, 0.5) is 0 Å². The van der Waals surface area contributed by atoms with Crippen LogP contribution in [0.5, 0.6) is 11.5 Å². The van der Waals surface area contributed by atoms with Crippen LogP contribution in [0.1, 0.15) is 15.9 Å². The summed E-state index contributed by atoms with van der Waals surface area (Å²) in [5.41, 5.74) is 0.313. The van der Waals surface area contributed by atoms with Gasteiger partial charge in [0.25, 0.3) is 0 Å². The second-order valence-corrected chi connectivity index (χ2v) is 3.86. The highest BCUT2D eigenvalue weighted by Crippen LogP contribution is 2.30. The minimum atomic E-state index is -0.427. The molecule has 3 nitrogen and oxygen atoms in total. The summed E-state index contributed by atoms with van der Waals surface area (Å²) in [6, 6.07) is 10.6. The number of hydrogen-bond acceptors (Lipinski definition) is 3. The predicted octanol–water partition coefficient (Wildman–Crippen LogP) is 2.98. The number of ketones is 1. The van der Waals surface area contributed by atoms with Gasteiger partial charge in [0.2, 0.25) is 0 Å². The molecular weight excluding hydrogens is 240 g/mol. The van der Waals surface area contributed by atoms with Gasteiger partial charge in [0.1, 0.15) is 11.5 Å². The Hall–Kier alpha value is -2.00. The van der Waals surface area contributed by atoms with Gasteiger partial charge in [0.05, 0.1) is 10.6 Å². The first-order valence-corrected chi connectivity index (χ1v) is 5.29. The summed E-state index contributed by atoms with van der Waals surface area (Å²) in [5.74, 6) is -0.700. The molecule has 0 unspecified atom stereocenters. The van der Waals surface area contributed by atoms with Crippen LogP contribution in [-0.4, -0.2) is 16.0 Å². The van der Waals surface area contributed by atoms with Crippen molar-refractivity contribution in [2.24, 2.45) is 0 Å². The number of hydrogen-bond donors (Lipinski definition) is 2. The van der Waals surface area contributed by atoms with Crippen LogP contribution >= 0.6 is 11.6 Å². The van der Waals surface area contributed by atoms with Crippen LogP contribution < -0.4 is 0 Å². The summed E-state index contributed by atoms with van der Waals surface area (Å²) in [5, 5.41) is 19.0. The van der Waals surface area contributed by atoms with E-state index in [2.05, 4.69) is 0 Å². The molecule has 2 rings (SSSR count). The van der Waals surface area contributed by atoms with E-state index < -0.39 is 5.78 Å². The Bertz CT molecular complexity index is 579. The van der Waals surface area contributed by atoms with Crippen molar-refractivity contribution in [2.45, 2.75) is 0 Å². The number of halogens is 1. The van der Waals surface area contributed by atoms with Gasteiger partial charge in [0, 0.05) is 5.56 Å². The highest BCUT2D eigenvalue weighted by Gasteiger charge is 2.17. The molecule has 0 aliphatic rings. The molecule has 0 saturated heterocycles. The summed E-state index contributed by atoms with van der Waals surface area (Å²) < 4.78 is 0. The summed E-state index contributed by atoms with van der Waals surface area (Å²) >= 11 is 5.84. The van der Waals surface area contributed by atoms with E-state index in [1.54, 1.807) is 12.1 Å². The van der Waals surface area contributed by atoms with Gasteiger partial charge < -0.3 is 10.2 Å². The van der Waals surface area contributed by atoms with Crippen molar-refractivity contribution in [1.29, 1.82) is 0 Å². The molecule has 2 aromatic carbocycles. The summed E-state index contributed by atoms with van der Waals surface area (Å²) in [6.07, 6.45) is 0. The molecule has 0 atom stereocenters. The number of rotatable bonds is 2. The minimum Gasteiger partial charge on any atom is -0.507 e. The van der Waals surface area contributed by atoms with Gasteiger partial charge in [-0.25, -0.2) is 0 Å². The fourth-order valence-electron chi connectivity index (χ4n) is 1.51. The third-order valence-electron chi connectivity index (χ3n) is 2.37. The molecule has 2 N–H and O–H groups in total. The number of phenolic OH excluding ortho intramolecular Hbond substituents is 2. The molecule has 17 heavy (non-hydrogen) atoms. The smallest absolute Gasteiger partial charge is 0.198 e. The highest BCUT2D eigenvalue weighted by molar-refractivity contribution is 6.36. The monoisotopic (exact) mass is 248 g/mol. The van der Waals surface area contributed by atoms with Gasteiger partial charge in [-0.15, -0.1) is 0 Å². The van der Waals surface area contributed by atoms with Crippen molar-refractivity contribution in [3.63, 3.8) is 0 Å². The average Bonchev–Trinajstić information content (AvgIpc) is 2.32. The van der Waals surface area contributed by atoms with Gasteiger partial charge in [-0.2, -0.15) is 0 Å². The van der Waals surface area contributed by atoms with Crippen LogP contribution in [0.15, 0.2) is 42.5 Å². The Balaban J connectivity index is 2.52. The zero-order chi connectivity index (χ0) is 12.4. The number of para-hydroxylation sites is 1. The Morgan fingerprint density at radius 1 is 0.882 bits per heavy atom. The van der Waals surface area contributed by atoms with Crippen LogP contribution in [-0.2, 0) is 0 Å². The Morgan fingerprint density at radius 2 is 1.47 bits per heavy atom. The molecule has 0 fully saturated rings. The standard InChI is InChI=1S/C13H9ClO3/c14-12-9(5-3-7-11(12)16)13(17)8-4-1-2-6-10(8)15/h1-7,15-16H. The molecule has 4 heteroatoms. The SMILES string of the molecule is O=C(c1ccccc1O)c1cccc(O)c1Cl. The lowest BCUT2D eigenvalue weighted by Crippen LogP contribution is -2.02. The van der Waals surface area contributed by atoms with Crippen molar-refractivity contribution in [1.82, 2.24) is 0 Å². The van der Waals surface area contributed by atoms with E-state index >= 15 is 0 Å². The van der Waals surface area contributed by atoms with Gasteiger partial charge in [-0.05, 0) is 24.3 Å². The normalized spacial score (nSPS) is 10.2. The second-order valence-electron chi connectivity index (χ2n) is 3.48. The number of phenols is 2. The lowest BCUT2D eigenvalue weighted by molar-refractivity contribution is 0.103. The number of carbonyl (C=O) groups is 1. The van der Waals surface area contributed by atoms with E-state index in [-0.39, 0.29) is 27.6 Å². The van der Waals surface area contributed by atoms with Crippen molar-refractivity contribution >= 4 is 17.4 Å². The minimum absolute atomic E-state index is 0.0132. The van der Waals surface area contributed by atoms with E-state index in [0.717, 1.165) is 0 Å². The maximum absolute atomic E-state index is 12.1. The van der Waals surface area contributed by atoms with Crippen molar-refractivity contribution < 1.29 is 15.0 Å². The predicted molar refractivity (Wildman–Crippen MR) is 64.7 cm³/mol. The first kappa shape index (κ1) is 11.5. The molecule has 2 aromatic rings. The fourth-order valence-corrected chi connectivity index (χ4v) is 1.72. The van der Waals surface area contributed by atoms with E-state index in [9.17, 15) is 15.0 Å². The lowest BCUT2D eigenvalue weighted by atomic mass is 10.0. The molecule has 0 aliphatic heterocycles. The zero-order valence-corrected chi connectivity index (χ0v) is 9.48. The second kappa shape index (κ2) is 4.47. The number of benzene rings is 2. The third-order valence-corrected chi connectivity index (χ3v) is 2.77. The first-order valence-electron chi connectivity index (χ1n) is 4.91. The Morgan fingerprint density at radius 3 is 2.18 bits per heavy atom. The largest absolute Gasteiger partial charge is 0.507 e. The van der Waals surface area contributed by atoms with Gasteiger partial charge >= 0.3 is 0 Å². The molecular formula is C13H9ClO3. The Kier molecular flexibility index (Phi) is 3.02. The molecule has 0 aromatic heterocycles. The number of carbonyl (C=O) groups excluding carboxylic acids is 1. The maximum Gasteiger partial charge on any atom is 0.198 e. The topological polar surface area (TPSA) is 57.5 Å². The van der Waals surface area contributed by atoms with Gasteiger partial charge in [-0.1, -0.05) is 29.8 Å². The van der Waals surface area contributed by atoms with Crippen LogP contribution in [0, 0.1) is 0 Å². The van der Waals surface area contributed by atoms with Crippen molar-refractivity contribution in [3.05, 3.63) is 58.6 Å². The van der Waals surface area contributed by atoms with E-state index in [1.807, 2.05) is 0 Å². The fraction of sp³-hybridized carbons (Fsp3) is 0. The molecule has 0 amide bonds. The zero-order valence-electron chi connectivity index (χ0n) is 8.72.